The molecule has 0 aliphatic heterocycles. The molecule has 0 spiro atoms. The van der Waals surface area contributed by atoms with Gasteiger partial charge in [-0.1, -0.05) is 60.7 Å². The minimum Gasteiger partial charge on any atom is -0.450 e. The molecule has 1 aliphatic rings. The van der Waals surface area contributed by atoms with Gasteiger partial charge in [-0.25, -0.2) is 9.59 Å². The van der Waals surface area contributed by atoms with Gasteiger partial charge in [0.15, 0.2) is 0 Å². The van der Waals surface area contributed by atoms with E-state index >= 15 is 0 Å². The Balaban J connectivity index is 1.32. The molecule has 0 bridgehead atoms. The molecular formula is C27H18O4. The molecule has 5 rings (SSSR count). The van der Waals surface area contributed by atoms with E-state index in [0.29, 0.717) is 16.9 Å². The topological polar surface area (TPSA) is 52.6 Å². The van der Waals surface area contributed by atoms with E-state index in [1.54, 1.807) is 48.5 Å². The molecule has 31 heavy (non-hydrogen) atoms. The van der Waals surface area contributed by atoms with Crippen LogP contribution in [0.4, 0.5) is 0 Å². The number of hydrogen-bond acceptors (Lipinski definition) is 4. The van der Waals surface area contributed by atoms with E-state index in [9.17, 15) is 9.59 Å². The van der Waals surface area contributed by atoms with Crippen molar-refractivity contribution in [2.24, 2.45) is 0 Å². The third-order valence-corrected chi connectivity index (χ3v) is 5.27. The molecule has 0 N–H and O–H groups in total. The summed E-state index contributed by atoms with van der Waals surface area (Å²) in [7, 11) is 0. The highest BCUT2D eigenvalue weighted by Gasteiger charge is 2.22. The Morgan fingerprint density at radius 2 is 1.35 bits per heavy atom. The lowest BCUT2D eigenvalue weighted by Gasteiger charge is -2.21. The van der Waals surface area contributed by atoms with Crippen LogP contribution in [-0.2, 0) is 4.74 Å². The average molecular weight is 406 g/mol. The van der Waals surface area contributed by atoms with E-state index in [4.69, 9.17) is 9.47 Å². The summed E-state index contributed by atoms with van der Waals surface area (Å²) in [5, 5.41) is 2.21. The van der Waals surface area contributed by atoms with Crippen molar-refractivity contribution in [3.8, 4) is 5.75 Å². The first-order valence-electron chi connectivity index (χ1n) is 9.97. The van der Waals surface area contributed by atoms with Gasteiger partial charge in [0, 0.05) is 5.56 Å². The molecule has 150 valence electrons. The number of carbonyl (C=O) groups is 2. The summed E-state index contributed by atoms with van der Waals surface area (Å²) in [6.07, 6.45) is 3.41. The van der Waals surface area contributed by atoms with E-state index < -0.39 is 18.0 Å². The van der Waals surface area contributed by atoms with Crippen molar-refractivity contribution in [1.82, 2.24) is 0 Å². The lowest BCUT2D eigenvalue weighted by molar-refractivity contribution is 0.0394. The van der Waals surface area contributed by atoms with Gasteiger partial charge in [-0.05, 0) is 58.8 Å². The highest BCUT2D eigenvalue weighted by Crippen LogP contribution is 2.35. The van der Waals surface area contributed by atoms with Gasteiger partial charge in [0.05, 0.1) is 11.1 Å². The van der Waals surface area contributed by atoms with Crippen LogP contribution in [-0.4, -0.2) is 11.9 Å². The van der Waals surface area contributed by atoms with Crippen LogP contribution in [0.1, 0.15) is 37.9 Å². The summed E-state index contributed by atoms with van der Waals surface area (Å²) < 4.78 is 11.1. The fourth-order valence-corrected chi connectivity index (χ4v) is 3.75. The van der Waals surface area contributed by atoms with Crippen LogP contribution in [0.3, 0.4) is 0 Å². The minimum absolute atomic E-state index is 0.358. The SMILES string of the molecule is O=C(Oc1ccccc1)c1ccc(C(=O)OC2C=Cc3cccc4cccc2c34)cc1. The molecule has 4 nitrogen and oxygen atoms in total. The zero-order valence-corrected chi connectivity index (χ0v) is 16.5. The number of carbonyl (C=O) groups excluding carboxylic acids is 2. The second kappa shape index (κ2) is 7.92. The number of benzene rings is 4. The predicted molar refractivity (Wildman–Crippen MR) is 119 cm³/mol. The number of para-hydroxylation sites is 1. The predicted octanol–water partition coefficient (Wildman–Crippen LogP) is 5.98. The molecule has 0 heterocycles. The first-order chi connectivity index (χ1) is 15.2. The Kier molecular flexibility index (Phi) is 4.81. The van der Waals surface area contributed by atoms with E-state index in [2.05, 4.69) is 0 Å². The molecule has 4 aromatic rings. The summed E-state index contributed by atoms with van der Waals surface area (Å²) in [4.78, 5) is 25.0. The Morgan fingerprint density at radius 3 is 2.10 bits per heavy atom. The fraction of sp³-hybridized carbons (Fsp3) is 0.0370. The number of rotatable bonds is 4. The number of hydrogen-bond donors (Lipinski definition) is 0. The maximum Gasteiger partial charge on any atom is 0.343 e. The fourth-order valence-electron chi connectivity index (χ4n) is 3.75. The molecule has 4 heteroatoms. The van der Waals surface area contributed by atoms with Crippen molar-refractivity contribution in [2.75, 3.05) is 0 Å². The van der Waals surface area contributed by atoms with Crippen LogP contribution < -0.4 is 4.74 Å². The molecule has 4 aromatic carbocycles. The van der Waals surface area contributed by atoms with Gasteiger partial charge >= 0.3 is 11.9 Å². The van der Waals surface area contributed by atoms with E-state index in [1.807, 2.05) is 54.6 Å². The van der Waals surface area contributed by atoms with Gasteiger partial charge in [0.2, 0.25) is 0 Å². The summed E-state index contributed by atoms with van der Waals surface area (Å²) in [5.74, 6) is -0.465. The molecule has 1 atom stereocenters. The Labute approximate surface area is 179 Å². The zero-order chi connectivity index (χ0) is 21.2. The second-order valence-electron chi connectivity index (χ2n) is 7.26. The maximum absolute atomic E-state index is 12.7. The summed E-state index contributed by atoms with van der Waals surface area (Å²) in [6, 6.07) is 27.2. The Morgan fingerprint density at radius 1 is 0.677 bits per heavy atom. The van der Waals surface area contributed by atoms with E-state index in [1.165, 1.54) is 0 Å². The maximum atomic E-state index is 12.7. The van der Waals surface area contributed by atoms with Crippen molar-refractivity contribution >= 4 is 28.8 Å². The largest absolute Gasteiger partial charge is 0.450 e. The molecule has 0 fully saturated rings. The molecule has 1 unspecified atom stereocenters. The van der Waals surface area contributed by atoms with Crippen molar-refractivity contribution in [2.45, 2.75) is 6.10 Å². The highest BCUT2D eigenvalue weighted by atomic mass is 16.5. The van der Waals surface area contributed by atoms with E-state index in [-0.39, 0.29) is 0 Å². The van der Waals surface area contributed by atoms with Crippen molar-refractivity contribution in [3.63, 3.8) is 0 Å². The van der Waals surface area contributed by atoms with Crippen LogP contribution in [0.2, 0.25) is 0 Å². The molecule has 1 aliphatic carbocycles. The van der Waals surface area contributed by atoms with Gasteiger partial charge in [0.1, 0.15) is 11.9 Å². The van der Waals surface area contributed by atoms with Gasteiger partial charge in [-0.3, -0.25) is 0 Å². The van der Waals surface area contributed by atoms with Crippen LogP contribution in [0, 0.1) is 0 Å². The van der Waals surface area contributed by atoms with Crippen molar-refractivity contribution in [3.05, 3.63) is 119 Å². The standard InChI is InChI=1S/C27H18O4/c28-26(30-22-9-2-1-3-10-22)20-12-14-21(15-13-20)27(29)31-24-17-16-19-7-4-6-18-8-5-11-23(24)25(18)19/h1-17,24H. The normalized spacial score (nSPS) is 14.3. The third kappa shape index (κ3) is 3.71. The van der Waals surface area contributed by atoms with E-state index in [0.717, 1.165) is 21.9 Å². The molecule has 0 saturated carbocycles. The Hall–Kier alpha value is -4.18. The molecule has 0 aromatic heterocycles. The summed E-state index contributed by atoms with van der Waals surface area (Å²) >= 11 is 0. The van der Waals surface area contributed by atoms with Crippen LogP contribution in [0.5, 0.6) is 5.75 Å². The summed E-state index contributed by atoms with van der Waals surface area (Å²) in [5.41, 5.74) is 2.81. The molecule has 0 radical (unpaired) electrons. The lowest BCUT2D eigenvalue weighted by Crippen LogP contribution is -2.13. The van der Waals surface area contributed by atoms with Gasteiger partial charge in [-0.2, -0.15) is 0 Å². The van der Waals surface area contributed by atoms with Gasteiger partial charge in [-0.15, -0.1) is 0 Å². The molecular weight excluding hydrogens is 388 g/mol. The zero-order valence-electron chi connectivity index (χ0n) is 16.5. The van der Waals surface area contributed by atoms with Crippen molar-refractivity contribution < 1.29 is 19.1 Å². The quantitative estimate of drug-likeness (QED) is 0.309. The lowest BCUT2D eigenvalue weighted by atomic mass is 9.91. The van der Waals surface area contributed by atoms with Crippen LogP contribution in [0.15, 0.2) is 97.1 Å². The van der Waals surface area contributed by atoms with Crippen LogP contribution in [0.25, 0.3) is 16.8 Å². The van der Waals surface area contributed by atoms with Gasteiger partial charge in [0.25, 0.3) is 0 Å². The van der Waals surface area contributed by atoms with Crippen LogP contribution >= 0.6 is 0 Å². The smallest absolute Gasteiger partial charge is 0.343 e. The summed E-state index contributed by atoms with van der Waals surface area (Å²) in [6.45, 7) is 0. The van der Waals surface area contributed by atoms with Gasteiger partial charge < -0.3 is 9.47 Å². The first kappa shape index (κ1) is 18.8. The molecule has 0 amide bonds. The Bertz CT molecular complexity index is 1300. The second-order valence-corrected chi connectivity index (χ2v) is 7.26. The minimum atomic E-state index is -0.482. The number of ether oxygens (including phenoxy) is 2. The average Bonchev–Trinajstić information content (AvgIpc) is 2.82. The molecule has 0 saturated heterocycles. The number of esters is 2. The third-order valence-electron chi connectivity index (χ3n) is 5.27. The first-order valence-corrected chi connectivity index (χ1v) is 9.97. The van der Waals surface area contributed by atoms with Crippen molar-refractivity contribution in [1.29, 1.82) is 0 Å². The highest BCUT2D eigenvalue weighted by molar-refractivity contribution is 5.97. The monoisotopic (exact) mass is 406 g/mol.